The number of hydrogen-bond donors (Lipinski definition) is 2. The number of methoxy groups -OCH3 is 1. The minimum Gasteiger partial charge on any atom is -0.497 e. The molecule has 2 aromatic rings. The summed E-state index contributed by atoms with van der Waals surface area (Å²) in [5.41, 5.74) is 1.67. The van der Waals surface area contributed by atoms with Gasteiger partial charge in [0, 0.05) is 6.20 Å². The number of benzene rings is 1. The Kier molecular flexibility index (Phi) is 5.31. The van der Waals surface area contributed by atoms with Crippen molar-refractivity contribution in [1.29, 1.82) is 0 Å². The number of imide groups is 1. The summed E-state index contributed by atoms with van der Waals surface area (Å²) in [7, 11) is 1.54. The monoisotopic (exact) mass is 386 g/mol. The predicted molar refractivity (Wildman–Crippen MR) is 98.8 cm³/mol. The zero-order chi connectivity index (χ0) is 19.4. The Balaban J connectivity index is 1.67. The highest BCUT2D eigenvalue weighted by molar-refractivity contribution is 7.99. The van der Waals surface area contributed by atoms with E-state index in [2.05, 4.69) is 15.7 Å². The number of hydrogen-bond acceptors (Lipinski definition) is 6. The topological polar surface area (TPSA) is 101 Å². The van der Waals surface area contributed by atoms with Crippen LogP contribution in [0, 0.1) is 0 Å². The quantitative estimate of drug-likeness (QED) is 0.579. The first-order valence-electron chi connectivity index (χ1n) is 8.08. The fraction of sp³-hybridized carbons (Fsp3) is 0.222. The van der Waals surface area contributed by atoms with Crippen LogP contribution in [-0.4, -0.2) is 40.7 Å². The predicted octanol–water partition coefficient (Wildman–Crippen LogP) is 1.68. The molecule has 1 atom stereocenters. The number of carbonyl (C=O) groups is 3. The van der Waals surface area contributed by atoms with Gasteiger partial charge in [-0.25, -0.2) is 9.78 Å². The maximum atomic E-state index is 12.8. The number of thioether (sulfide) groups is 1. The van der Waals surface area contributed by atoms with Gasteiger partial charge in [0.1, 0.15) is 11.3 Å². The van der Waals surface area contributed by atoms with Crippen LogP contribution in [0.2, 0.25) is 0 Å². The minimum absolute atomic E-state index is 0.0212. The van der Waals surface area contributed by atoms with E-state index in [1.54, 1.807) is 56.6 Å². The van der Waals surface area contributed by atoms with Crippen LogP contribution >= 0.6 is 11.8 Å². The lowest BCUT2D eigenvalue weighted by molar-refractivity contribution is -0.138. The van der Waals surface area contributed by atoms with E-state index in [1.165, 1.54) is 11.8 Å². The molecule has 140 valence electrons. The van der Waals surface area contributed by atoms with Crippen molar-refractivity contribution >= 4 is 29.6 Å². The Morgan fingerprint density at radius 3 is 2.63 bits per heavy atom. The second-order valence-electron chi connectivity index (χ2n) is 5.92. The SMILES string of the molecule is COc1ccc([C@]2(C)NC(=O)N(NC(=O)CSc3ccccn3)C2=O)cc1. The van der Waals surface area contributed by atoms with Gasteiger partial charge in [-0.05, 0) is 36.8 Å². The van der Waals surface area contributed by atoms with Gasteiger partial charge in [0.15, 0.2) is 0 Å². The van der Waals surface area contributed by atoms with Crippen LogP contribution in [0.25, 0.3) is 0 Å². The van der Waals surface area contributed by atoms with Gasteiger partial charge in [-0.1, -0.05) is 30.0 Å². The maximum Gasteiger partial charge on any atom is 0.344 e. The summed E-state index contributed by atoms with van der Waals surface area (Å²) in [5, 5.41) is 4.01. The molecule has 0 spiro atoms. The van der Waals surface area contributed by atoms with Crippen molar-refractivity contribution in [2.45, 2.75) is 17.5 Å². The Labute approximate surface area is 160 Å². The summed E-state index contributed by atoms with van der Waals surface area (Å²) in [6, 6.07) is 11.5. The molecule has 4 amide bonds. The molecule has 1 fully saturated rings. The van der Waals surface area contributed by atoms with Gasteiger partial charge in [0.2, 0.25) is 5.91 Å². The summed E-state index contributed by atoms with van der Waals surface area (Å²) < 4.78 is 5.10. The summed E-state index contributed by atoms with van der Waals surface area (Å²) in [5.74, 6) is -0.384. The molecule has 0 radical (unpaired) electrons. The van der Waals surface area contributed by atoms with Crippen molar-refractivity contribution in [1.82, 2.24) is 20.7 Å². The Morgan fingerprint density at radius 1 is 1.26 bits per heavy atom. The Hall–Kier alpha value is -3.07. The van der Waals surface area contributed by atoms with Crippen LogP contribution in [-0.2, 0) is 15.1 Å². The fourth-order valence-electron chi connectivity index (χ4n) is 2.59. The number of nitrogens with zero attached hydrogens (tertiary/aromatic N) is 2. The van der Waals surface area contributed by atoms with Crippen molar-refractivity contribution in [3.8, 4) is 5.75 Å². The van der Waals surface area contributed by atoms with Gasteiger partial charge in [-0.3, -0.25) is 15.0 Å². The molecule has 1 saturated heterocycles. The molecule has 1 aromatic heterocycles. The average Bonchev–Trinajstić information content (AvgIpc) is 2.91. The maximum absolute atomic E-state index is 12.8. The molecular formula is C18H18N4O4S. The molecule has 0 saturated carbocycles. The van der Waals surface area contributed by atoms with Crippen LogP contribution in [0.3, 0.4) is 0 Å². The first-order valence-corrected chi connectivity index (χ1v) is 9.07. The lowest BCUT2D eigenvalue weighted by Crippen LogP contribution is -2.48. The van der Waals surface area contributed by atoms with Crippen molar-refractivity contribution < 1.29 is 19.1 Å². The van der Waals surface area contributed by atoms with Gasteiger partial charge in [0.25, 0.3) is 5.91 Å². The number of amides is 4. The third-order valence-corrected chi connectivity index (χ3v) is 5.03. The van der Waals surface area contributed by atoms with Gasteiger partial charge in [-0.2, -0.15) is 5.01 Å². The standard InChI is InChI=1S/C18H18N4O4S/c1-18(12-6-8-13(26-2)9-7-12)16(24)22(17(25)20-18)21-14(23)11-27-15-5-3-4-10-19-15/h3-10H,11H2,1-2H3,(H,20,25)(H,21,23)/t18-/m0/s1. The molecule has 2 heterocycles. The van der Waals surface area contributed by atoms with Crippen molar-refractivity contribution in [2.24, 2.45) is 0 Å². The smallest absolute Gasteiger partial charge is 0.344 e. The Morgan fingerprint density at radius 2 is 2.00 bits per heavy atom. The molecule has 0 unspecified atom stereocenters. The number of urea groups is 1. The first kappa shape index (κ1) is 18.7. The third-order valence-electron chi connectivity index (χ3n) is 4.08. The highest BCUT2D eigenvalue weighted by Crippen LogP contribution is 2.29. The average molecular weight is 386 g/mol. The molecule has 9 heteroatoms. The number of hydrazine groups is 1. The second-order valence-corrected chi connectivity index (χ2v) is 6.91. The number of carbonyl (C=O) groups excluding carboxylic acids is 3. The van der Waals surface area contributed by atoms with E-state index >= 15 is 0 Å². The van der Waals surface area contributed by atoms with Crippen LogP contribution in [0.4, 0.5) is 4.79 Å². The number of aromatic nitrogens is 1. The van der Waals surface area contributed by atoms with E-state index < -0.39 is 23.4 Å². The van der Waals surface area contributed by atoms with E-state index in [4.69, 9.17) is 4.74 Å². The van der Waals surface area contributed by atoms with Gasteiger partial charge < -0.3 is 10.1 Å². The molecule has 1 aliphatic heterocycles. The molecule has 27 heavy (non-hydrogen) atoms. The van der Waals surface area contributed by atoms with Gasteiger partial charge in [0.05, 0.1) is 17.9 Å². The van der Waals surface area contributed by atoms with Gasteiger partial charge >= 0.3 is 6.03 Å². The molecule has 1 aliphatic rings. The third kappa shape index (κ3) is 3.87. The summed E-state index contributed by atoms with van der Waals surface area (Å²) in [6.07, 6.45) is 1.62. The van der Waals surface area contributed by atoms with Crippen LogP contribution < -0.4 is 15.5 Å². The second kappa shape index (κ2) is 7.67. The molecule has 0 aliphatic carbocycles. The molecule has 2 N–H and O–H groups in total. The van der Waals surface area contributed by atoms with Crippen LogP contribution in [0.15, 0.2) is 53.7 Å². The summed E-state index contributed by atoms with van der Waals surface area (Å²) >= 11 is 1.21. The number of nitrogens with one attached hydrogen (secondary N) is 2. The lowest BCUT2D eigenvalue weighted by Gasteiger charge is -2.22. The number of rotatable bonds is 6. The van der Waals surface area contributed by atoms with Crippen LogP contribution in [0.5, 0.6) is 5.75 Å². The largest absolute Gasteiger partial charge is 0.497 e. The molecular weight excluding hydrogens is 368 g/mol. The lowest BCUT2D eigenvalue weighted by atomic mass is 9.92. The van der Waals surface area contributed by atoms with Crippen molar-refractivity contribution in [3.05, 3.63) is 54.2 Å². The van der Waals surface area contributed by atoms with Gasteiger partial charge in [-0.15, -0.1) is 0 Å². The van der Waals surface area contributed by atoms with E-state index in [-0.39, 0.29) is 5.75 Å². The normalized spacial score (nSPS) is 19.0. The van der Waals surface area contributed by atoms with E-state index in [9.17, 15) is 14.4 Å². The number of ether oxygens (including phenoxy) is 1. The fourth-order valence-corrected chi connectivity index (χ4v) is 3.24. The minimum atomic E-state index is -1.27. The molecule has 8 nitrogen and oxygen atoms in total. The summed E-state index contributed by atoms with van der Waals surface area (Å²) in [6.45, 7) is 1.59. The highest BCUT2D eigenvalue weighted by atomic mass is 32.2. The van der Waals surface area contributed by atoms with E-state index in [0.29, 0.717) is 21.3 Å². The summed E-state index contributed by atoms with van der Waals surface area (Å²) in [4.78, 5) is 41.3. The zero-order valence-corrected chi connectivity index (χ0v) is 15.6. The molecule has 0 bridgehead atoms. The highest BCUT2D eigenvalue weighted by Gasteiger charge is 2.50. The first-order chi connectivity index (χ1) is 12.9. The van der Waals surface area contributed by atoms with E-state index in [1.807, 2.05) is 6.07 Å². The van der Waals surface area contributed by atoms with Crippen molar-refractivity contribution in [2.75, 3.05) is 12.9 Å². The molecule has 1 aromatic carbocycles. The van der Waals surface area contributed by atoms with Crippen LogP contribution in [0.1, 0.15) is 12.5 Å². The molecule has 3 rings (SSSR count). The van der Waals surface area contributed by atoms with Crippen molar-refractivity contribution in [3.63, 3.8) is 0 Å². The zero-order valence-electron chi connectivity index (χ0n) is 14.8. The number of pyridine rings is 1. The van der Waals surface area contributed by atoms with E-state index in [0.717, 1.165) is 0 Å². The Bertz CT molecular complexity index is 859.